The first-order valence-electron chi connectivity index (χ1n) is 7.62. The molecular weight excluding hydrogens is 272 g/mol. The summed E-state index contributed by atoms with van der Waals surface area (Å²) in [4.78, 5) is 11.5. The maximum absolute atomic E-state index is 11.5. The smallest absolute Gasteiger partial charge is 0.159 e. The van der Waals surface area contributed by atoms with Gasteiger partial charge in [-0.25, -0.2) is 0 Å². The second-order valence-corrected chi connectivity index (χ2v) is 5.31. The number of aryl methyl sites for hydroxylation is 1. The maximum Gasteiger partial charge on any atom is 0.159 e. The Labute approximate surface area is 132 Å². The lowest BCUT2D eigenvalue weighted by atomic mass is 10.0. The van der Waals surface area contributed by atoms with E-state index in [0.29, 0.717) is 18.6 Å². The van der Waals surface area contributed by atoms with Crippen molar-refractivity contribution in [1.82, 2.24) is 0 Å². The molecule has 0 unspecified atom stereocenters. The van der Waals surface area contributed by atoms with E-state index in [1.54, 1.807) is 6.92 Å². The van der Waals surface area contributed by atoms with Gasteiger partial charge < -0.3 is 4.74 Å². The SMILES string of the molecule is C=CCc1cc(C(C)=O)ccc1OCCCc1ccccc1. The number of allylic oxidation sites excluding steroid dienone is 1. The first-order chi connectivity index (χ1) is 10.7. The normalized spacial score (nSPS) is 10.2. The summed E-state index contributed by atoms with van der Waals surface area (Å²) in [5.74, 6) is 0.916. The van der Waals surface area contributed by atoms with Crippen molar-refractivity contribution in [2.45, 2.75) is 26.2 Å². The van der Waals surface area contributed by atoms with Crippen molar-refractivity contribution in [3.63, 3.8) is 0 Å². The van der Waals surface area contributed by atoms with Crippen LogP contribution >= 0.6 is 0 Å². The van der Waals surface area contributed by atoms with E-state index in [1.165, 1.54) is 5.56 Å². The predicted octanol–water partition coefficient (Wildman–Crippen LogP) is 4.63. The fourth-order valence-corrected chi connectivity index (χ4v) is 2.36. The number of Topliss-reactive ketones (excluding diaryl/α,β-unsaturated/α-hetero) is 1. The summed E-state index contributed by atoms with van der Waals surface area (Å²) in [5.41, 5.74) is 3.06. The van der Waals surface area contributed by atoms with E-state index in [1.807, 2.05) is 30.3 Å². The standard InChI is InChI=1S/C20H22O2/c1-3-8-19-15-18(16(2)21)12-13-20(19)22-14-7-11-17-9-5-4-6-10-17/h3-6,9-10,12-13,15H,1,7-8,11,14H2,2H3. The molecule has 0 atom stereocenters. The quantitative estimate of drug-likeness (QED) is 0.403. The average molecular weight is 294 g/mol. The molecule has 0 aliphatic rings. The van der Waals surface area contributed by atoms with Gasteiger partial charge >= 0.3 is 0 Å². The van der Waals surface area contributed by atoms with Gasteiger partial charge in [-0.2, -0.15) is 0 Å². The van der Waals surface area contributed by atoms with Gasteiger partial charge in [0.1, 0.15) is 5.75 Å². The molecule has 22 heavy (non-hydrogen) atoms. The molecule has 0 aliphatic carbocycles. The van der Waals surface area contributed by atoms with Crippen LogP contribution in [0.4, 0.5) is 0 Å². The largest absolute Gasteiger partial charge is 0.493 e. The minimum atomic E-state index is 0.0703. The Morgan fingerprint density at radius 1 is 1.18 bits per heavy atom. The fourth-order valence-electron chi connectivity index (χ4n) is 2.36. The summed E-state index contributed by atoms with van der Waals surface area (Å²) < 4.78 is 5.89. The molecule has 2 aromatic rings. The summed E-state index contributed by atoms with van der Waals surface area (Å²) in [6, 6.07) is 16.0. The van der Waals surface area contributed by atoms with Gasteiger partial charge in [0, 0.05) is 5.56 Å². The van der Waals surface area contributed by atoms with E-state index in [2.05, 4.69) is 30.8 Å². The van der Waals surface area contributed by atoms with Crippen LogP contribution in [0.3, 0.4) is 0 Å². The third-order valence-corrected chi connectivity index (χ3v) is 3.54. The molecule has 2 aromatic carbocycles. The minimum Gasteiger partial charge on any atom is -0.493 e. The Bertz CT molecular complexity index is 629. The monoisotopic (exact) mass is 294 g/mol. The molecule has 0 heterocycles. The lowest BCUT2D eigenvalue weighted by Crippen LogP contribution is -2.03. The predicted molar refractivity (Wildman–Crippen MR) is 90.6 cm³/mol. The molecule has 0 radical (unpaired) electrons. The van der Waals surface area contributed by atoms with Gasteiger partial charge in [-0.15, -0.1) is 6.58 Å². The Balaban J connectivity index is 1.94. The zero-order chi connectivity index (χ0) is 15.8. The van der Waals surface area contributed by atoms with Crippen LogP contribution in [0, 0.1) is 0 Å². The summed E-state index contributed by atoms with van der Waals surface area (Å²) in [5, 5.41) is 0. The number of hydrogen-bond donors (Lipinski definition) is 0. The molecule has 0 saturated carbocycles. The molecule has 0 fully saturated rings. The summed E-state index contributed by atoms with van der Waals surface area (Å²) in [7, 11) is 0. The second kappa shape index (κ2) is 8.18. The summed E-state index contributed by atoms with van der Waals surface area (Å²) >= 11 is 0. The van der Waals surface area contributed by atoms with Crippen LogP contribution in [-0.4, -0.2) is 12.4 Å². The summed E-state index contributed by atoms with van der Waals surface area (Å²) in [6.07, 6.45) is 4.50. The molecule has 0 amide bonds. The van der Waals surface area contributed by atoms with Crippen LogP contribution in [0.2, 0.25) is 0 Å². The molecule has 2 heteroatoms. The first-order valence-corrected chi connectivity index (χ1v) is 7.62. The minimum absolute atomic E-state index is 0.0703. The zero-order valence-corrected chi connectivity index (χ0v) is 13.0. The highest BCUT2D eigenvalue weighted by atomic mass is 16.5. The van der Waals surface area contributed by atoms with Gasteiger partial charge in [-0.05, 0) is 55.5 Å². The molecule has 2 rings (SSSR count). The summed E-state index contributed by atoms with van der Waals surface area (Å²) in [6.45, 7) is 6.01. The number of carbonyl (C=O) groups excluding carboxylic acids is 1. The number of rotatable bonds is 8. The average Bonchev–Trinajstić information content (AvgIpc) is 2.53. The van der Waals surface area contributed by atoms with Crippen LogP contribution in [0.25, 0.3) is 0 Å². The van der Waals surface area contributed by atoms with E-state index in [-0.39, 0.29) is 5.78 Å². The van der Waals surface area contributed by atoms with E-state index < -0.39 is 0 Å². The number of ether oxygens (including phenoxy) is 1. The number of carbonyl (C=O) groups is 1. The Kier molecular flexibility index (Phi) is 5.96. The van der Waals surface area contributed by atoms with Crippen molar-refractivity contribution < 1.29 is 9.53 Å². The first kappa shape index (κ1) is 16.0. The van der Waals surface area contributed by atoms with E-state index in [0.717, 1.165) is 24.2 Å². The van der Waals surface area contributed by atoms with Gasteiger partial charge in [0.25, 0.3) is 0 Å². The van der Waals surface area contributed by atoms with Crippen LogP contribution in [-0.2, 0) is 12.8 Å². The third-order valence-electron chi connectivity index (χ3n) is 3.54. The molecule has 0 bridgehead atoms. The highest BCUT2D eigenvalue weighted by Gasteiger charge is 2.07. The van der Waals surface area contributed by atoms with Crippen molar-refractivity contribution in [2.24, 2.45) is 0 Å². The molecule has 0 aromatic heterocycles. The van der Waals surface area contributed by atoms with E-state index in [4.69, 9.17) is 4.74 Å². The second-order valence-electron chi connectivity index (χ2n) is 5.31. The van der Waals surface area contributed by atoms with Gasteiger partial charge in [0.2, 0.25) is 0 Å². The van der Waals surface area contributed by atoms with Crippen LogP contribution < -0.4 is 4.74 Å². The lowest BCUT2D eigenvalue weighted by Gasteiger charge is -2.11. The highest BCUT2D eigenvalue weighted by Crippen LogP contribution is 2.22. The van der Waals surface area contributed by atoms with Crippen LogP contribution in [0.15, 0.2) is 61.2 Å². The molecule has 0 aliphatic heterocycles. The topological polar surface area (TPSA) is 26.3 Å². The highest BCUT2D eigenvalue weighted by molar-refractivity contribution is 5.94. The van der Waals surface area contributed by atoms with Crippen molar-refractivity contribution in [3.8, 4) is 5.75 Å². The van der Waals surface area contributed by atoms with Crippen molar-refractivity contribution in [3.05, 3.63) is 77.9 Å². The molecular formula is C20H22O2. The molecule has 0 N–H and O–H groups in total. The van der Waals surface area contributed by atoms with Crippen molar-refractivity contribution in [2.75, 3.05) is 6.61 Å². The van der Waals surface area contributed by atoms with Gasteiger partial charge in [0.05, 0.1) is 6.61 Å². The van der Waals surface area contributed by atoms with Crippen LogP contribution in [0.1, 0.15) is 34.8 Å². The van der Waals surface area contributed by atoms with Crippen LogP contribution in [0.5, 0.6) is 5.75 Å². The Morgan fingerprint density at radius 3 is 2.64 bits per heavy atom. The fraction of sp³-hybridized carbons (Fsp3) is 0.250. The molecule has 0 saturated heterocycles. The van der Waals surface area contributed by atoms with Gasteiger partial charge in [-0.3, -0.25) is 4.79 Å². The number of ketones is 1. The molecule has 114 valence electrons. The number of benzene rings is 2. The van der Waals surface area contributed by atoms with Crippen molar-refractivity contribution in [1.29, 1.82) is 0 Å². The molecule has 2 nitrogen and oxygen atoms in total. The molecule has 0 spiro atoms. The van der Waals surface area contributed by atoms with E-state index >= 15 is 0 Å². The third kappa shape index (κ3) is 4.59. The van der Waals surface area contributed by atoms with Gasteiger partial charge in [-0.1, -0.05) is 36.4 Å². The Hall–Kier alpha value is -2.35. The number of hydrogen-bond acceptors (Lipinski definition) is 2. The van der Waals surface area contributed by atoms with Gasteiger partial charge in [0.15, 0.2) is 5.78 Å². The Morgan fingerprint density at radius 2 is 1.95 bits per heavy atom. The lowest BCUT2D eigenvalue weighted by molar-refractivity contribution is 0.101. The maximum atomic E-state index is 11.5. The zero-order valence-electron chi connectivity index (χ0n) is 13.0. The van der Waals surface area contributed by atoms with Crippen molar-refractivity contribution >= 4 is 5.78 Å². The van der Waals surface area contributed by atoms with E-state index in [9.17, 15) is 4.79 Å².